The third kappa shape index (κ3) is 4.85. The lowest BCUT2D eigenvalue weighted by Crippen LogP contribution is -2.32. The largest absolute Gasteiger partial charge is 0.490 e. The summed E-state index contributed by atoms with van der Waals surface area (Å²) in [5.41, 5.74) is 0.559. The molecule has 4 nitrogen and oxygen atoms in total. The molecule has 0 aliphatic rings. The Hall–Kier alpha value is -1.91. The van der Waals surface area contributed by atoms with Crippen molar-refractivity contribution in [3.8, 4) is 5.75 Å². The number of anilines is 1. The van der Waals surface area contributed by atoms with Crippen molar-refractivity contribution in [2.24, 2.45) is 0 Å². The number of carbonyl (C=O) groups excluding carboxylic acids is 1. The highest BCUT2D eigenvalue weighted by Gasteiger charge is 2.04. The van der Waals surface area contributed by atoms with Gasteiger partial charge in [-0.1, -0.05) is 47.5 Å². The van der Waals surface area contributed by atoms with E-state index in [1.54, 1.807) is 36.4 Å². The Kier molecular flexibility index (Phi) is 5.72. The molecule has 0 atom stereocenters. The van der Waals surface area contributed by atoms with Gasteiger partial charge in [0.05, 0.1) is 22.3 Å². The lowest BCUT2D eigenvalue weighted by Gasteiger charge is -2.10. The van der Waals surface area contributed by atoms with Crippen molar-refractivity contribution < 1.29 is 9.53 Å². The number of benzene rings is 2. The molecule has 21 heavy (non-hydrogen) atoms. The summed E-state index contributed by atoms with van der Waals surface area (Å²) in [5.74, 6) is 0.590. The second kappa shape index (κ2) is 7.76. The van der Waals surface area contributed by atoms with E-state index in [1.807, 2.05) is 12.1 Å². The molecule has 0 aliphatic heterocycles. The van der Waals surface area contributed by atoms with Crippen LogP contribution in [-0.2, 0) is 0 Å². The van der Waals surface area contributed by atoms with Crippen molar-refractivity contribution in [2.75, 3.05) is 18.5 Å². The molecule has 110 valence electrons. The van der Waals surface area contributed by atoms with Gasteiger partial charge in [-0.3, -0.25) is 0 Å². The first-order chi connectivity index (χ1) is 10.2. The number of nitrogens with one attached hydrogen (secondary N) is 2. The lowest BCUT2D eigenvalue weighted by molar-refractivity contribution is 0.247. The monoisotopic (exact) mass is 324 g/mol. The second-order valence-electron chi connectivity index (χ2n) is 4.14. The van der Waals surface area contributed by atoms with E-state index in [-0.39, 0.29) is 6.03 Å². The predicted molar refractivity (Wildman–Crippen MR) is 85.4 cm³/mol. The molecule has 2 rings (SSSR count). The normalized spacial score (nSPS) is 10.0. The Bertz CT molecular complexity index is 620. The molecule has 2 amide bonds. The third-order valence-electron chi connectivity index (χ3n) is 2.60. The smallest absolute Gasteiger partial charge is 0.319 e. The molecule has 0 fully saturated rings. The van der Waals surface area contributed by atoms with Crippen molar-refractivity contribution in [3.63, 3.8) is 0 Å². The summed E-state index contributed by atoms with van der Waals surface area (Å²) >= 11 is 11.9. The minimum absolute atomic E-state index is 0.319. The van der Waals surface area contributed by atoms with Gasteiger partial charge in [0.25, 0.3) is 0 Å². The van der Waals surface area contributed by atoms with Crippen molar-refractivity contribution in [1.82, 2.24) is 5.32 Å². The van der Waals surface area contributed by atoms with Gasteiger partial charge in [0.15, 0.2) is 0 Å². The Labute approximate surface area is 133 Å². The van der Waals surface area contributed by atoms with Crippen molar-refractivity contribution in [1.29, 1.82) is 0 Å². The molecule has 0 bridgehead atoms. The van der Waals surface area contributed by atoms with Gasteiger partial charge in [0.2, 0.25) is 0 Å². The van der Waals surface area contributed by atoms with E-state index in [9.17, 15) is 4.79 Å². The van der Waals surface area contributed by atoms with Gasteiger partial charge in [-0.25, -0.2) is 4.79 Å². The van der Waals surface area contributed by atoms with Crippen LogP contribution in [0.5, 0.6) is 5.75 Å². The average molecular weight is 325 g/mol. The van der Waals surface area contributed by atoms with Crippen LogP contribution in [0.15, 0.2) is 48.5 Å². The van der Waals surface area contributed by atoms with E-state index in [1.165, 1.54) is 0 Å². The standard InChI is InChI=1S/C15H14Cl2N2O2/c16-11-5-1-3-7-13(11)19-15(20)18-9-10-21-14-8-4-2-6-12(14)17/h1-8H,9-10H2,(H2,18,19,20). The maximum atomic E-state index is 11.7. The van der Waals surface area contributed by atoms with Crippen LogP contribution in [0.25, 0.3) is 0 Å². The fraction of sp³-hybridized carbons (Fsp3) is 0.133. The van der Waals surface area contributed by atoms with Crippen LogP contribution in [0.1, 0.15) is 0 Å². The number of carbonyl (C=O) groups is 1. The zero-order valence-electron chi connectivity index (χ0n) is 11.1. The fourth-order valence-electron chi connectivity index (χ4n) is 1.62. The number of urea groups is 1. The number of amides is 2. The molecule has 0 spiro atoms. The second-order valence-corrected chi connectivity index (χ2v) is 4.95. The highest BCUT2D eigenvalue weighted by molar-refractivity contribution is 6.33. The summed E-state index contributed by atoms with van der Waals surface area (Å²) in [6.07, 6.45) is 0. The molecular formula is C15H14Cl2N2O2. The summed E-state index contributed by atoms with van der Waals surface area (Å²) in [6.45, 7) is 0.668. The summed E-state index contributed by atoms with van der Waals surface area (Å²) in [6, 6.07) is 13.8. The van der Waals surface area contributed by atoms with Crippen LogP contribution in [0.2, 0.25) is 10.0 Å². The Morgan fingerprint density at radius 2 is 1.67 bits per heavy atom. The number of halogens is 2. The first-order valence-corrected chi connectivity index (χ1v) is 7.09. The number of para-hydroxylation sites is 2. The van der Waals surface area contributed by atoms with E-state index in [2.05, 4.69) is 10.6 Å². The van der Waals surface area contributed by atoms with E-state index in [0.717, 1.165) is 0 Å². The Morgan fingerprint density at radius 3 is 2.38 bits per heavy atom. The van der Waals surface area contributed by atoms with E-state index >= 15 is 0 Å². The molecule has 6 heteroatoms. The number of ether oxygens (including phenoxy) is 1. The first kappa shape index (κ1) is 15.5. The molecule has 2 aromatic rings. The number of hydrogen-bond acceptors (Lipinski definition) is 2. The van der Waals surface area contributed by atoms with Crippen LogP contribution in [-0.4, -0.2) is 19.2 Å². The van der Waals surface area contributed by atoms with Crippen molar-refractivity contribution >= 4 is 34.9 Å². The van der Waals surface area contributed by atoms with Gasteiger partial charge < -0.3 is 15.4 Å². The lowest BCUT2D eigenvalue weighted by atomic mass is 10.3. The van der Waals surface area contributed by atoms with Gasteiger partial charge in [-0.2, -0.15) is 0 Å². The number of hydrogen-bond donors (Lipinski definition) is 2. The highest BCUT2D eigenvalue weighted by atomic mass is 35.5. The van der Waals surface area contributed by atoms with Crippen LogP contribution < -0.4 is 15.4 Å². The number of rotatable bonds is 5. The fourth-order valence-corrected chi connectivity index (χ4v) is 1.99. The van der Waals surface area contributed by atoms with Crippen molar-refractivity contribution in [3.05, 3.63) is 58.6 Å². The topological polar surface area (TPSA) is 50.4 Å². The minimum atomic E-state index is -0.342. The van der Waals surface area contributed by atoms with Gasteiger partial charge in [-0.05, 0) is 24.3 Å². The maximum Gasteiger partial charge on any atom is 0.319 e. The van der Waals surface area contributed by atoms with Crippen LogP contribution in [0.3, 0.4) is 0 Å². The Morgan fingerprint density at radius 1 is 1.00 bits per heavy atom. The SMILES string of the molecule is O=C(NCCOc1ccccc1Cl)Nc1ccccc1Cl. The molecular weight excluding hydrogens is 311 g/mol. The molecule has 0 saturated carbocycles. The molecule has 0 aromatic heterocycles. The maximum absolute atomic E-state index is 11.7. The average Bonchev–Trinajstić information content (AvgIpc) is 2.48. The van der Waals surface area contributed by atoms with E-state index < -0.39 is 0 Å². The summed E-state index contributed by atoms with van der Waals surface area (Å²) < 4.78 is 5.46. The zero-order chi connectivity index (χ0) is 15.1. The summed E-state index contributed by atoms with van der Waals surface area (Å²) in [7, 11) is 0. The van der Waals surface area contributed by atoms with Gasteiger partial charge in [-0.15, -0.1) is 0 Å². The van der Waals surface area contributed by atoms with Crippen LogP contribution in [0.4, 0.5) is 10.5 Å². The molecule has 0 heterocycles. The predicted octanol–water partition coefficient (Wildman–Crippen LogP) is 4.19. The van der Waals surface area contributed by atoms with Crippen molar-refractivity contribution in [2.45, 2.75) is 0 Å². The third-order valence-corrected chi connectivity index (χ3v) is 3.25. The zero-order valence-corrected chi connectivity index (χ0v) is 12.6. The molecule has 2 aromatic carbocycles. The summed E-state index contributed by atoms with van der Waals surface area (Å²) in [5, 5.41) is 6.35. The quantitative estimate of drug-likeness (QED) is 0.810. The van der Waals surface area contributed by atoms with Gasteiger partial charge >= 0.3 is 6.03 Å². The highest BCUT2D eigenvalue weighted by Crippen LogP contribution is 2.22. The Balaban J connectivity index is 1.73. The first-order valence-electron chi connectivity index (χ1n) is 6.33. The molecule has 0 saturated heterocycles. The van der Waals surface area contributed by atoms with Gasteiger partial charge in [0.1, 0.15) is 12.4 Å². The minimum Gasteiger partial charge on any atom is -0.490 e. The van der Waals surface area contributed by atoms with Gasteiger partial charge in [0, 0.05) is 0 Å². The van der Waals surface area contributed by atoms with E-state index in [4.69, 9.17) is 27.9 Å². The molecule has 0 unspecified atom stereocenters. The van der Waals surface area contributed by atoms with Crippen LogP contribution >= 0.6 is 23.2 Å². The molecule has 0 radical (unpaired) electrons. The van der Waals surface area contributed by atoms with Crippen LogP contribution in [0, 0.1) is 0 Å². The molecule has 2 N–H and O–H groups in total. The van der Waals surface area contributed by atoms with E-state index in [0.29, 0.717) is 34.6 Å². The molecule has 0 aliphatic carbocycles. The summed E-state index contributed by atoms with van der Waals surface area (Å²) in [4.78, 5) is 11.7.